The number of nitrogens with zero attached hydrogens (tertiary/aromatic N) is 4. The molecule has 0 radical (unpaired) electrons. The van der Waals surface area contributed by atoms with Crippen LogP contribution in [0, 0.1) is 27.7 Å². The Labute approximate surface area is 369 Å². The zero-order valence-corrected chi connectivity index (χ0v) is 36.1. The van der Waals surface area contributed by atoms with Gasteiger partial charge in [0.05, 0.1) is 33.1 Å². The molecular weight excluding hydrogens is 777 g/mol. The molecule has 0 spiro atoms. The monoisotopic (exact) mass is 818 g/mol. The summed E-state index contributed by atoms with van der Waals surface area (Å²) in [5.41, 5.74) is 17.3. The van der Waals surface area contributed by atoms with Crippen molar-refractivity contribution in [3.05, 3.63) is 205 Å². The van der Waals surface area contributed by atoms with Gasteiger partial charge in [0.15, 0.2) is 0 Å². The Hall–Kier alpha value is -8.08. The van der Waals surface area contributed by atoms with Gasteiger partial charge in [-0.3, -0.25) is 0 Å². The predicted molar refractivity (Wildman–Crippen MR) is 271 cm³/mol. The Balaban J connectivity index is 1.03. The third kappa shape index (κ3) is 4.56. The van der Waals surface area contributed by atoms with Crippen LogP contribution in [0.25, 0.3) is 120 Å². The van der Waals surface area contributed by atoms with Crippen LogP contribution in [0.15, 0.2) is 182 Å². The van der Waals surface area contributed by atoms with Crippen LogP contribution in [0.4, 0.5) is 0 Å². The summed E-state index contributed by atoms with van der Waals surface area (Å²) >= 11 is 0. The molecule has 0 atom stereocenters. The van der Waals surface area contributed by atoms with Gasteiger partial charge in [0.2, 0.25) is 0 Å². The Morgan fingerprint density at radius 1 is 0.266 bits per heavy atom. The van der Waals surface area contributed by atoms with Crippen molar-refractivity contribution in [2.24, 2.45) is 0 Å². The standard InChI is InChI=1S/C60H42N4/c1-35-37(3)61(43-25-29-55-51(33-43)45-19-11-13-21-53(45)63(55)41-15-7-5-8-16-41)59-47-27-24-40-32-50-36(2)38(4)62(60(50)48-28-23-39(31-49(35)59)57(47)58(40)48)44-26-30-56-52(34-44)46-20-12-14-22-54(46)64(56)42-17-9-6-10-18-42/h5-34H,1-4H3. The SMILES string of the molecule is Cc1c(C)n(-c2ccc3c(c2)c2ccccc2n3-c2ccccc2)c2c1cc1ccc3c4c(ccc2c14)cc1c(C)c(C)n(-c2ccc4c(c2)c2ccccc2n4-c2ccccc2)c13. The van der Waals surface area contributed by atoms with Gasteiger partial charge in [-0.2, -0.15) is 0 Å². The summed E-state index contributed by atoms with van der Waals surface area (Å²) < 4.78 is 9.85. The fourth-order valence-corrected chi connectivity index (χ4v) is 11.6. The van der Waals surface area contributed by atoms with Crippen LogP contribution < -0.4 is 0 Å². The molecule has 0 saturated heterocycles. The van der Waals surface area contributed by atoms with Crippen molar-refractivity contribution in [1.82, 2.24) is 18.3 Å². The van der Waals surface area contributed by atoms with Gasteiger partial charge in [-0.15, -0.1) is 0 Å². The van der Waals surface area contributed by atoms with Crippen molar-refractivity contribution in [3.8, 4) is 22.7 Å². The molecule has 14 rings (SSSR count). The minimum Gasteiger partial charge on any atom is -0.313 e. The Morgan fingerprint density at radius 3 is 1.09 bits per heavy atom. The number of aryl methyl sites for hydroxylation is 2. The summed E-state index contributed by atoms with van der Waals surface area (Å²) in [5.74, 6) is 0. The molecule has 14 aromatic rings. The first-order valence-electron chi connectivity index (χ1n) is 22.4. The summed E-state index contributed by atoms with van der Waals surface area (Å²) in [7, 11) is 0. The lowest BCUT2D eigenvalue weighted by molar-refractivity contribution is 1.04. The lowest BCUT2D eigenvalue weighted by atomic mass is 9.91. The molecule has 0 aliphatic rings. The summed E-state index contributed by atoms with van der Waals surface area (Å²) in [6.45, 7) is 9.16. The Morgan fingerprint density at radius 2 is 0.656 bits per heavy atom. The van der Waals surface area contributed by atoms with E-state index in [1.807, 2.05) is 0 Å². The average Bonchev–Trinajstić information content (AvgIpc) is 4.01. The normalized spacial score (nSPS) is 12.4. The van der Waals surface area contributed by atoms with Gasteiger partial charge >= 0.3 is 0 Å². The molecule has 0 aliphatic heterocycles. The maximum atomic E-state index is 2.53. The fourth-order valence-electron chi connectivity index (χ4n) is 11.6. The van der Waals surface area contributed by atoms with Gasteiger partial charge < -0.3 is 18.3 Å². The highest BCUT2D eigenvalue weighted by atomic mass is 15.0. The van der Waals surface area contributed by atoms with Crippen LogP contribution in [-0.4, -0.2) is 18.3 Å². The van der Waals surface area contributed by atoms with Gasteiger partial charge in [0, 0.05) is 77.2 Å². The van der Waals surface area contributed by atoms with Crippen molar-refractivity contribution in [2.75, 3.05) is 0 Å². The van der Waals surface area contributed by atoms with Gasteiger partial charge in [-0.05, 0) is 145 Å². The smallest absolute Gasteiger partial charge is 0.0613 e. The largest absolute Gasteiger partial charge is 0.313 e. The lowest BCUT2D eigenvalue weighted by Gasteiger charge is -2.17. The third-order valence-corrected chi connectivity index (χ3v) is 14.7. The quantitative estimate of drug-likeness (QED) is 0.158. The summed E-state index contributed by atoms with van der Waals surface area (Å²) in [5, 5.41) is 15.4. The molecule has 4 heteroatoms. The highest BCUT2D eigenvalue weighted by molar-refractivity contribution is 6.33. The van der Waals surface area contributed by atoms with Crippen LogP contribution >= 0.6 is 0 Å². The minimum absolute atomic E-state index is 1.17. The van der Waals surface area contributed by atoms with Crippen LogP contribution in [0.2, 0.25) is 0 Å². The molecule has 0 N–H and O–H groups in total. The second-order valence-corrected chi connectivity index (χ2v) is 17.8. The first-order valence-corrected chi connectivity index (χ1v) is 22.4. The first-order chi connectivity index (χ1) is 31.4. The summed E-state index contributed by atoms with van der Waals surface area (Å²) in [6, 6.07) is 67.6. The van der Waals surface area contributed by atoms with Gasteiger partial charge in [0.25, 0.3) is 0 Å². The first kappa shape index (κ1) is 35.5. The van der Waals surface area contributed by atoms with Crippen molar-refractivity contribution >= 4 is 97.7 Å². The molecular formula is C60H42N4. The van der Waals surface area contributed by atoms with Gasteiger partial charge in [-0.25, -0.2) is 0 Å². The van der Waals surface area contributed by atoms with E-state index in [-0.39, 0.29) is 0 Å². The Kier molecular flexibility index (Phi) is 7.07. The van der Waals surface area contributed by atoms with E-state index in [0.717, 1.165) is 0 Å². The highest BCUT2D eigenvalue weighted by Gasteiger charge is 2.24. The molecule has 0 aliphatic carbocycles. The minimum atomic E-state index is 1.17. The van der Waals surface area contributed by atoms with Crippen LogP contribution in [-0.2, 0) is 0 Å². The predicted octanol–water partition coefficient (Wildman–Crippen LogP) is 15.9. The molecule has 0 saturated carbocycles. The number of hydrogen-bond donors (Lipinski definition) is 0. The molecule has 302 valence electrons. The fraction of sp³-hybridized carbons (Fsp3) is 0.0667. The highest BCUT2D eigenvalue weighted by Crippen LogP contribution is 2.46. The van der Waals surface area contributed by atoms with E-state index in [0.29, 0.717) is 0 Å². The molecule has 4 aromatic heterocycles. The Bertz CT molecular complexity index is 3990. The molecule has 4 nitrogen and oxygen atoms in total. The number of fused-ring (bicyclic) bond motifs is 10. The topological polar surface area (TPSA) is 19.7 Å². The van der Waals surface area contributed by atoms with Crippen molar-refractivity contribution < 1.29 is 0 Å². The van der Waals surface area contributed by atoms with E-state index in [1.165, 1.54) is 143 Å². The average molecular weight is 819 g/mol. The number of benzene rings is 10. The summed E-state index contributed by atoms with van der Waals surface area (Å²) in [4.78, 5) is 0. The van der Waals surface area contributed by atoms with Crippen molar-refractivity contribution in [3.63, 3.8) is 0 Å². The lowest BCUT2D eigenvalue weighted by Crippen LogP contribution is -1.99. The van der Waals surface area contributed by atoms with Gasteiger partial charge in [0.1, 0.15) is 0 Å². The molecule has 4 heterocycles. The maximum absolute atomic E-state index is 2.53. The second kappa shape index (κ2) is 12.7. The summed E-state index contributed by atoms with van der Waals surface area (Å²) in [6.07, 6.45) is 0. The number of hydrogen-bond acceptors (Lipinski definition) is 0. The van der Waals surface area contributed by atoms with E-state index < -0.39 is 0 Å². The number of rotatable bonds is 4. The van der Waals surface area contributed by atoms with E-state index in [9.17, 15) is 0 Å². The van der Waals surface area contributed by atoms with E-state index in [2.05, 4.69) is 228 Å². The molecule has 0 amide bonds. The molecule has 64 heavy (non-hydrogen) atoms. The zero-order valence-electron chi connectivity index (χ0n) is 36.1. The zero-order chi connectivity index (χ0) is 42.5. The third-order valence-electron chi connectivity index (χ3n) is 14.7. The molecule has 10 aromatic carbocycles. The number of aromatic nitrogens is 4. The maximum Gasteiger partial charge on any atom is 0.0613 e. The molecule has 0 fully saturated rings. The molecule has 0 unspecified atom stereocenters. The van der Waals surface area contributed by atoms with Gasteiger partial charge in [-0.1, -0.05) is 97.1 Å². The van der Waals surface area contributed by atoms with Crippen LogP contribution in [0.3, 0.4) is 0 Å². The van der Waals surface area contributed by atoms with Crippen molar-refractivity contribution in [1.29, 1.82) is 0 Å². The van der Waals surface area contributed by atoms with Crippen LogP contribution in [0.5, 0.6) is 0 Å². The van der Waals surface area contributed by atoms with Crippen molar-refractivity contribution in [2.45, 2.75) is 27.7 Å². The van der Waals surface area contributed by atoms with E-state index in [4.69, 9.17) is 0 Å². The second-order valence-electron chi connectivity index (χ2n) is 17.8. The van der Waals surface area contributed by atoms with E-state index in [1.54, 1.807) is 0 Å². The van der Waals surface area contributed by atoms with Crippen LogP contribution in [0.1, 0.15) is 22.5 Å². The number of para-hydroxylation sites is 4. The molecule has 0 bridgehead atoms. The van der Waals surface area contributed by atoms with E-state index >= 15 is 0 Å².